The van der Waals surface area contributed by atoms with Gasteiger partial charge < -0.3 is 11.1 Å². The van der Waals surface area contributed by atoms with Crippen LogP contribution in [-0.2, 0) is 0 Å². The van der Waals surface area contributed by atoms with Gasteiger partial charge in [0, 0.05) is 12.2 Å². The molecule has 2 nitrogen and oxygen atoms in total. The zero-order valence-electron chi connectivity index (χ0n) is 7.35. The number of rotatable bonds is 5. The van der Waals surface area contributed by atoms with Gasteiger partial charge in [0.1, 0.15) is 0 Å². The van der Waals surface area contributed by atoms with E-state index in [9.17, 15) is 0 Å². The van der Waals surface area contributed by atoms with Gasteiger partial charge in [0.25, 0.3) is 0 Å². The van der Waals surface area contributed by atoms with E-state index in [-0.39, 0.29) is 0 Å². The van der Waals surface area contributed by atoms with Crippen LogP contribution in [-0.4, -0.2) is 13.1 Å². The molecule has 0 saturated carbocycles. The minimum atomic E-state index is 0.782. The summed E-state index contributed by atoms with van der Waals surface area (Å²) in [6.07, 6.45) is 2.22. The molecule has 0 radical (unpaired) electrons. The Kier molecular flexibility index (Phi) is 6.46. The van der Waals surface area contributed by atoms with E-state index in [2.05, 4.69) is 17.9 Å². The van der Waals surface area contributed by atoms with Crippen molar-refractivity contribution in [3.63, 3.8) is 0 Å². The fraction of sp³-hybridized carbons (Fsp3) is 0.750. The Hall–Kier alpha value is -0.150. The van der Waals surface area contributed by atoms with E-state index in [1.165, 1.54) is 0 Å². The van der Waals surface area contributed by atoms with E-state index in [0.717, 1.165) is 36.5 Å². The molecule has 0 spiro atoms. The molecular weight excluding hydrogens is 156 g/mol. The van der Waals surface area contributed by atoms with Crippen LogP contribution in [0.2, 0.25) is 0 Å². The third kappa shape index (κ3) is 6.26. The molecule has 0 aromatic heterocycles. The monoisotopic (exact) mass is 174 g/mol. The van der Waals surface area contributed by atoms with Crippen LogP contribution in [0.1, 0.15) is 26.7 Å². The summed E-state index contributed by atoms with van der Waals surface area (Å²) >= 11 is 4.21. The highest BCUT2D eigenvalue weighted by Gasteiger charge is 1.90. The zero-order chi connectivity index (χ0) is 8.69. The maximum Gasteiger partial charge on any atom is 0.0166 e. The average Bonchev–Trinajstić information content (AvgIpc) is 1.97. The minimum absolute atomic E-state index is 0.782. The molecule has 0 aromatic rings. The van der Waals surface area contributed by atoms with Crippen molar-refractivity contribution in [1.29, 1.82) is 0 Å². The molecule has 0 unspecified atom stereocenters. The fourth-order valence-electron chi connectivity index (χ4n) is 0.673. The maximum absolute atomic E-state index is 5.35. The summed E-state index contributed by atoms with van der Waals surface area (Å²) in [6.45, 7) is 5.80. The van der Waals surface area contributed by atoms with Crippen molar-refractivity contribution >= 4 is 12.6 Å². The summed E-state index contributed by atoms with van der Waals surface area (Å²) in [5.41, 5.74) is 6.51. The van der Waals surface area contributed by atoms with Crippen LogP contribution in [0.5, 0.6) is 0 Å². The minimum Gasteiger partial charge on any atom is -0.388 e. The average molecular weight is 174 g/mol. The molecule has 11 heavy (non-hydrogen) atoms. The lowest BCUT2D eigenvalue weighted by Crippen LogP contribution is -2.14. The molecular formula is C8H18N2S. The normalized spacial score (nSPS) is 12.7. The van der Waals surface area contributed by atoms with Gasteiger partial charge >= 0.3 is 0 Å². The van der Waals surface area contributed by atoms with E-state index in [1.807, 2.05) is 13.8 Å². The molecule has 0 aliphatic rings. The second-order valence-corrected chi connectivity index (χ2v) is 3.30. The number of nitrogens with two attached hydrogens (primary N) is 1. The number of unbranched alkanes of at least 4 members (excludes halogenated alkanes) is 1. The lowest BCUT2D eigenvalue weighted by Gasteiger charge is -2.06. The summed E-state index contributed by atoms with van der Waals surface area (Å²) in [5, 5.41) is 3.26. The molecule has 0 aromatic carbocycles. The Morgan fingerprint density at radius 1 is 1.36 bits per heavy atom. The van der Waals surface area contributed by atoms with Gasteiger partial charge in [-0.1, -0.05) is 0 Å². The predicted molar refractivity (Wildman–Crippen MR) is 53.7 cm³/mol. The number of nitrogens with one attached hydrogen (secondary N) is 1. The van der Waals surface area contributed by atoms with Gasteiger partial charge in [-0.25, -0.2) is 0 Å². The fourth-order valence-corrected chi connectivity index (χ4v) is 0.752. The Balaban J connectivity index is 3.32. The van der Waals surface area contributed by atoms with Crippen LogP contribution in [0.15, 0.2) is 10.6 Å². The van der Waals surface area contributed by atoms with Gasteiger partial charge in [-0.15, -0.1) is 12.6 Å². The Labute approximate surface area is 74.6 Å². The molecule has 0 bridgehead atoms. The Morgan fingerprint density at radius 2 is 2.00 bits per heavy atom. The first-order valence-electron chi connectivity index (χ1n) is 3.99. The third-order valence-electron chi connectivity index (χ3n) is 1.56. The maximum atomic E-state index is 5.35. The molecule has 0 rings (SSSR count). The first-order chi connectivity index (χ1) is 5.18. The van der Waals surface area contributed by atoms with Gasteiger partial charge in [0.05, 0.1) is 0 Å². The first kappa shape index (κ1) is 10.8. The topological polar surface area (TPSA) is 38.0 Å². The van der Waals surface area contributed by atoms with Crippen molar-refractivity contribution in [2.75, 3.05) is 13.1 Å². The van der Waals surface area contributed by atoms with Crippen molar-refractivity contribution in [1.82, 2.24) is 5.32 Å². The van der Waals surface area contributed by atoms with Gasteiger partial charge in [-0.3, -0.25) is 0 Å². The van der Waals surface area contributed by atoms with Crippen LogP contribution in [0.25, 0.3) is 0 Å². The highest BCUT2D eigenvalue weighted by molar-refractivity contribution is 7.84. The van der Waals surface area contributed by atoms with Crippen LogP contribution in [0, 0.1) is 0 Å². The molecule has 0 fully saturated rings. The van der Waals surface area contributed by atoms with Crippen LogP contribution in [0.4, 0.5) is 0 Å². The standard InChI is InChI=1S/C8H18N2S/c1-7(8(2)11)10-6-4-3-5-9/h10-11H,3-6,9H2,1-2H3/b8-7-. The summed E-state index contributed by atoms with van der Waals surface area (Å²) in [5.74, 6) is 0. The summed E-state index contributed by atoms with van der Waals surface area (Å²) in [7, 11) is 0. The number of allylic oxidation sites excluding steroid dienone is 2. The molecule has 0 heterocycles. The van der Waals surface area contributed by atoms with Crippen LogP contribution >= 0.6 is 12.6 Å². The molecule has 0 aliphatic carbocycles. The molecule has 0 aliphatic heterocycles. The summed E-state index contributed by atoms with van der Waals surface area (Å²) < 4.78 is 0. The SMILES string of the molecule is C/C(S)=C(\C)NCCCCN. The molecule has 3 heteroatoms. The van der Waals surface area contributed by atoms with Crippen molar-refractivity contribution in [3.05, 3.63) is 10.6 Å². The van der Waals surface area contributed by atoms with Crippen LogP contribution < -0.4 is 11.1 Å². The smallest absolute Gasteiger partial charge is 0.0166 e. The molecule has 3 N–H and O–H groups in total. The lowest BCUT2D eigenvalue weighted by atomic mass is 10.3. The lowest BCUT2D eigenvalue weighted by molar-refractivity contribution is 0.683. The van der Waals surface area contributed by atoms with Gasteiger partial charge in [0.15, 0.2) is 0 Å². The van der Waals surface area contributed by atoms with E-state index >= 15 is 0 Å². The van der Waals surface area contributed by atoms with E-state index in [1.54, 1.807) is 0 Å². The third-order valence-corrected chi connectivity index (χ3v) is 1.90. The van der Waals surface area contributed by atoms with Crippen LogP contribution in [0.3, 0.4) is 0 Å². The molecule has 66 valence electrons. The predicted octanol–water partition coefficient (Wildman–Crippen LogP) is 1.50. The Bertz CT molecular complexity index is 128. The summed E-state index contributed by atoms with van der Waals surface area (Å²) in [4.78, 5) is 1.05. The highest BCUT2D eigenvalue weighted by Crippen LogP contribution is 2.03. The van der Waals surface area contributed by atoms with Gasteiger partial charge in [0.2, 0.25) is 0 Å². The first-order valence-corrected chi connectivity index (χ1v) is 4.43. The van der Waals surface area contributed by atoms with Crippen molar-refractivity contribution < 1.29 is 0 Å². The molecule has 0 saturated heterocycles. The summed E-state index contributed by atoms with van der Waals surface area (Å²) in [6, 6.07) is 0. The van der Waals surface area contributed by atoms with Gasteiger partial charge in [-0.2, -0.15) is 0 Å². The number of hydrogen-bond donors (Lipinski definition) is 3. The highest BCUT2D eigenvalue weighted by atomic mass is 32.1. The van der Waals surface area contributed by atoms with Crippen molar-refractivity contribution in [2.45, 2.75) is 26.7 Å². The number of thiol groups is 1. The quantitative estimate of drug-likeness (QED) is 0.436. The molecule has 0 atom stereocenters. The van der Waals surface area contributed by atoms with E-state index in [4.69, 9.17) is 5.73 Å². The van der Waals surface area contributed by atoms with Crippen molar-refractivity contribution in [2.24, 2.45) is 5.73 Å². The van der Waals surface area contributed by atoms with E-state index in [0.29, 0.717) is 0 Å². The second-order valence-electron chi connectivity index (χ2n) is 2.63. The Morgan fingerprint density at radius 3 is 2.45 bits per heavy atom. The second kappa shape index (κ2) is 6.55. The number of hydrogen-bond acceptors (Lipinski definition) is 3. The largest absolute Gasteiger partial charge is 0.388 e. The van der Waals surface area contributed by atoms with Gasteiger partial charge in [-0.05, 0) is 38.1 Å². The van der Waals surface area contributed by atoms with Crippen molar-refractivity contribution in [3.8, 4) is 0 Å². The molecule has 0 amide bonds. The van der Waals surface area contributed by atoms with E-state index < -0.39 is 0 Å². The zero-order valence-corrected chi connectivity index (χ0v) is 8.25.